The van der Waals surface area contributed by atoms with Crippen molar-refractivity contribution in [2.45, 2.75) is 0 Å². The number of para-hydroxylation sites is 4. The standard InChI is InChI=1S/C55H34N2O/c1-3-15-37(16-4-1)51-53-42-21-7-10-25-46(42)56-55(45(53)34-50-54(51)44-23-9-12-28-49(44)58-50)39-18-13-17-38(33-39)35-29-31-36(32-30-35)41-24-14-27-48-52(41)43-22-8-11-26-47(43)57(48)40-19-5-2-6-20-40/h1-34H. The van der Waals surface area contributed by atoms with Gasteiger partial charge in [-0.15, -0.1) is 0 Å². The topological polar surface area (TPSA) is 31.0 Å². The van der Waals surface area contributed by atoms with Crippen LogP contribution in [0, 0.1) is 0 Å². The summed E-state index contributed by atoms with van der Waals surface area (Å²) >= 11 is 0. The Labute approximate surface area is 334 Å². The van der Waals surface area contributed by atoms with E-state index in [2.05, 4.69) is 205 Å². The third-order valence-electron chi connectivity index (χ3n) is 11.8. The Bertz CT molecular complexity index is 3540. The molecule has 0 aliphatic carbocycles. The van der Waals surface area contributed by atoms with E-state index < -0.39 is 0 Å². The minimum absolute atomic E-state index is 0.861. The van der Waals surface area contributed by atoms with Gasteiger partial charge in [0.1, 0.15) is 11.2 Å². The Morgan fingerprint density at radius 3 is 1.84 bits per heavy atom. The Kier molecular flexibility index (Phi) is 7.23. The van der Waals surface area contributed by atoms with Crippen molar-refractivity contribution in [2.24, 2.45) is 0 Å². The van der Waals surface area contributed by atoms with Gasteiger partial charge in [0.2, 0.25) is 0 Å². The molecule has 0 aliphatic rings. The van der Waals surface area contributed by atoms with Crippen molar-refractivity contribution in [3.63, 3.8) is 0 Å². The third-order valence-corrected chi connectivity index (χ3v) is 11.8. The zero-order valence-corrected chi connectivity index (χ0v) is 31.4. The molecule has 0 aliphatic heterocycles. The van der Waals surface area contributed by atoms with Crippen LogP contribution in [0.3, 0.4) is 0 Å². The molecule has 3 heterocycles. The molecule has 0 radical (unpaired) electrons. The van der Waals surface area contributed by atoms with Crippen LogP contribution < -0.4 is 0 Å². The molecule has 0 saturated heterocycles. The fourth-order valence-corrected chi connectivity index (χ4v) is 9.23. The molecule has 0 fully saturated rings. The van der Waals surface area contributed by atoms with Crippen LogP contribution in [0.1, 0.15) is 0 Å². The zero-order chi connectivity index (χ0) is 38.2. The molecular weight excluding hydrogens is 705 g/mol. The largest absolute Gasteiger partial charge is 0.456 e. The molecular formula is C55H34N2O. The number of fused-ring (bicyclic) bond motifs is 9. The van der Waals surface area contributed by atoms with E-state index in [1.54, 1.807) is 0 Å². The zero-order valence-electron chi connectivity index (χ0n) is 31.4. The Balaban J connectivity index is 1.02. The molecule has 12 rings (SSSR count). The number of hydrogen-bond donors (Lipinski definition) is 0. The van der Waals surface area contributed by atoms with Crippen molar-refractivity contribution in [1.29, 1.82) is 0 Å². The van der Waals surface area contributed by atoms with Gasteiger partial charge in [-0.1, -0.05) is 158 Å². The molecule has 0 saturated carbocycles. The van der Waals surface area contributed by atoms with Gasteiger partial charge in [0, 0.05) is 54.5 Å². The highest BCUT2D eigenvalue weighted by Gasteiger charge is 2.22. The second-order valence-corrected chi connectivity index (χ2v) is 15.0. The van der Waals surface area contributed by atoms with Crippen molar-refractivity contribution in [3.05, 3.63) is 206 Å². The first kappa shape index (κ1) is 32.5. The highest BCUT2D eigenvalue weighted by Crippen LogP contribution is 2.46. The van der Waals surface area contributed by atoms with Gasteiger partial charge in [0.15, 0.2) is 0 Å². The molecule has 0 unspecified atom stereocenters. The molecule has 3 aromatic heterocycles. The first-order valence-electron chi connectivity index (χ1n) is 19.8. The molecule has 3 nitrogen and oxygen atoms in total. The average molecular weight is 739 g/mol. The maximum atomic E-state index is 6.61. The lowest BCUT2D eigenvalue weighted by atomic mass is 9.89. The lowest BCUT2D eigenvalue weighted by Crippen LogP contribution is -1.93. The summed E-state index contributed by atoms with van der Waals surface area (Å²) in [6.07, 6.45) is 0. The molecule has 0 N–H and O–H groups in total. The number of furan rings is 1. The van der Waals surface area contributed by atoms with Gasteiger partial charge in [-0.2, -0.15) is 0 Å². The minimum Gasteiger partial charge on any atom is -0.456 e. The number of nitrogens with zero attached hydrogens (tertiary/aromatic N) is 2. The molecule has 0 amide bonds. The van der Waals surface area contributed by atoms with E-state index in [0.717, 1.165) is 71.9 Å². The highest BCUT2D eigenvalue weighted by atomic mass is 16.3. The summed E-state index contributed by atoms with van der Waals surface area (Å²) in [7, 11) is 0. The van der Waals surface area contributed by atoms with Crippen molar-refractivity contribution in [2.75, 3.05) is 0 Å². The second-order valence-electron chi connectivity index (χ2n) is 15.0. The molecule has 0 atom stereocenters. The van der Waals surface area contributed by atoms with Gasteiger partial charge in [-0.25, -0.2) is 4.98 Å². The van der Waals surface area contributed by atoms with Gasteiger partial charge in [-0.05, 0) is 76.3 Å². The summed E-state index contributed by atoms with van der Waals surface area (Å²) in [6.45, 7) is 0. The fraction of sp³-hybridized carbons (Fsp3) is 0. The van der Waals surface area contributed by atoms with E-state index >= 15 is 0 Å². The number of pyridine rings is 1. The Morgan fingerprint density at radius 2 is 1.00 bits per heavy atom. The number of rotatable bonds is 5. The Morgan fingerprint density at radius 1 is 0.362 bits per heavy atom. The monoisotopic (exact) mass is 738 g/mol. The van der Waals surface area contributed by atoms with E-state index in [0.29, 0.717) is 0 Å². The van der Waals surface area contributed by atoms with Gasteiger partial charge >= 0.3 is 0 Å². The number of benzene rings is 9. The molecule has 0 bridgehead atoms. The van der Waals surface area contributed by atoms with E-state index in [1.165, 1.54) is 43.9 Å². The van der Waals surface area contributed by atoms with Crippen LogP contribution in [0.15, 0.2) is 211 Å². The van der Waals surface area contributed by atoms with E-state index in [9.17, 15) is 0 Å². The van der Waals surface area contributed by atoms with Gasteiger partial charge in [-0.3, -0.25) is 0 Å². The van der Waals surface area contributed by atoms with E-state index in [1.807, 2.05) is 6.07 Å². The van der Waals surface area contributed by atoms with Crippen LogP contribution in [0.25, 0.3) is 116 Å². The summed E-state index contributed by atoms with van der Waals surface area (Å²) in [6, 6.07) is 73.7. The lowest BCUT2D eigenvalue weighted by Gasteiger charge is -2.16. The van der Waals surface area contributed by atoms with Gasteiger partial charge in [0.25, 0.3) is 0 Å². The predicted molar refractivity (Wildman–Crippen MR) is 243 cm³/mol. The van der Waals surface area contributed by atoms with Gasteiger partial charge in [0.05, 0.1) is 22.2 Å². The van der Waals surface area contributed by atoms with Crippen LogP contribution in [0.5, 0.6) is 0 Å². The maximum absolute atomic E-state index is 6.61. The van der Waals surface area contributed by atoms with Crippen molar-refractivity contribution in [1.82, 2.24) is 9.55 Å². The van der Waals surface area contributed by atoms with E-state index in [-0.39, 0.29) is 0 Å². The molecule has 9 aromatic carbocycles. The second kappa shape index (κ2) is 12.9. The summed E-state index contributed by atoms with van der Waals surface area (Å²) in [5.74, 6) is 0. The summed E-state index contributed by atoms with van der Waals surface area (Å²) in [5, 5.41) is 8.14. The van der Waals surface area contributed by atoms with Crippen LogP contribution in [0.4, 0.5) is 0 Å². The quantitative estimate of drug-likeness (QED) is 0.165. The van der Waals surface area contributed by atoms with Crippen LogP contribution in [-0.2, 0) is 0 Å². The smallest absolute Gasteiger partial charge is 0.136 e. The normalized spacial score (nSPS) is 11.8. The van der Waals surface area contributed by atoms with Crippen molar-refractivity contribution in [3.8, 4) is 50.3 Å². The average Bonchev–Trinajstić information content (AvgIpc) is 3.84. The molecule has 58 heavy (non-hydrogen) atoms. The van der Waals surface area contributed by atoms with Crippen LogP contribution in [-0.4, -0.2) is 9.55 Å². The highest BCUT2D eigenvalue weighted by molar-refractivity contribution is 6.27. The summed E-state index contributed by atoms with van der Waals surface area (Å²) in [4.78, 5) is 5.39. The maximum Gasteiger partial charge on any atom is 0.136 e. The van der Waals surface area contributed by atoms with Gasteiger partial charge < -0.3 is 8.98 Å². The van der Waals surface area contributed by atoms with Crippen LogP contribution in [0.2, 0.25) is 0 Å². The predicted octanol–water partition coefficient (Wildman–Crippen LogP) is 15.1. The summed E-state index contributed by atoms with van der Waals surface area (Å²) < 4.78 is 8.99. The minimum atomic E-state index is 0.861. The van der Waals surface area contributed by atoms with Crippen LogP contribution >= 0.6 is 0 Å². The lowest BCUT2D eigenvalue weighted by molar-refractivity contribution is 0.669. The number of hydrogen-bond acceptors (Lipinski definition) is 2. The molecule has 0 spiro atoms. The SMILES string of the molecule is c1ccc(-c2c3c(cc4c(-c5cccc(-c6ccc(-c7cccc8c7c7ccccc7n8-c7ccccc7)cc6)c5)nc5ccccc5c24)oc2ccccc23)cc1. The molecule has 270 valence electrons. The summed E-state index contributed by atoms with van der Waals surface area (Å²) in [5.41, 5.74) is 15.3. The van der Waals surface area contributed by atoms with Crippen molar-refractivity contribution < 1.29 is 4.42 Å². The van der Waals surface area contributed by atoms with E-state index in [4.69, 9.17) is 9.40 Å². The number of aromatic nitrogens is 2. The fourth-order valence-electron chi connectivity index (χ4n) is 9.23. The Hall–Kier alpha value is -7.75. The first-order valence-corrected chi connectivity index (χ1v) is 19.8. The molecule has 3 heteroatoms. The first-order chi connectivity index (χ1) is 28.8. The third kappa shape index (κ3) is 4.97. The molecule has 12 aromatic rings. The van der Waals surface area contributed by atoms with Crippen molar-refractivity contribution >= 4 is 65.4 Å².